The molecule has 1 unspecified atom stereocenters. The zero-order valence-corrected chi connectivity index (χ0v) is 11.6. The lowest BCUT2D eigenvalue weighted by Crippen LogP contribution is -2.42. The van der Waals surface area contributed by atoms with E-state index in [4.69, 9.17) is 0 Å². The number of H-pyrrole nitrogens is 2. The Morgan fingerprint density at radius 1 is 1.33 bits per heavy atom. The van der Waals surface area contributed by atoms with Crippen LogP contribution in [0.4, 0.5) is 0 Å². The Hall–Kier alpha value is -2.57. The molecule has 21 heavy (non-hydrogen) atoms. The zero-order valence-electron chi connectivity index (χ0n) is 11.6. The van der Waals surface area contributed by atoms with E-state index in [9.17, 15) is 14.4 Å². The topological polar surface area (TPSA) is 91.0 Å². The predicted molar refractivity (Wildman–Crippen MR) is 75.9 cm³/mol. The van der Waals surface area contributed by atoms with Crippen molar-refractivity contribution in [2.75, 3.05) is 6.54 Å². The quantitative estimate of drug-likeness (QED) is 0.815. The fraction of sp³-hybridized carbons (Fsp3) is 0.357. The van der Waals surface area contributed by atoms with Crippen LogP contribution in [-0.2, 0) is 17.8 Å². The monoisotopic (exact) mass is 288 g/mol. The fourth-order valence-corrected chi connectivity index (χ4v) is 2.77. The van der Waals surface area contributed by atoms with Gasteiger partial charge < -0.3 is 9.47 Å². The molecule has 1 atom stereocenters. The second-order valence-electron chi connectivity index (χ2n) is 5.18. The molecule has 1 aliphatic heterocycles. The molecule has 0 saturated carbocycles. The molecule has 7 heteroatoms. The van der Waals surface area contributed by atoms with Crippen molar-refractivity contribution in [3.05, 3.63) is 56.4 Å². The molecule has 0 bridgehead atoms. The summed E-state index contributed by atoms with van der Waals surface area (Å²) in [5.74, 6) is -0.147. The molecule has 0 spiro atoms. The normalized spacial score (nSPS) is 17.6. The third-order valence-corrected chi connectivity index (χ3v) is 3.90. The van der Waals surface area contributed by atoms with Crippen molar-refractivity contribution >= 4 is 5.91 Å². The molecule has 1 amide bonds. The van der Waals surface area contributed by atoms with Gasteiger partial charge in [-0.15, -0.1) is 0 Å². The molecule has 2 N–H and O–H groups in total. The van der Waals surface area contributed by atoms with E-state index in [0.717, 1.165) is 12.2 Å². The molecule has 7 nitrogen and oxygen atoms in total. The molecule has 3 rings (SSSR count). The second kappa shape index (κ2) is 5.08. The largest absolute Gasteiger partial charge is 0.348 e. The Kier molecular flexibility index (Phi) is 3.25. The zero-order chi connectivity index (χ0) is 15.0. The molecule has 0 aromatic carbocycles. The number of fused-ring (bicyclic) bond motifs is 1. The van der Waals surface area contributed by atoms with Crippen LogP contribution in [0, 0.1) is 0 Å². The van der Waals surface area contributed by atoms with Crippen LogP contribution in [0.1, 0.15) is 24.2 Å². The smallest absolute Gasteiger partial charge is 0.266 e. The number of carbonyl (C=O) groups is 1. The van der Waals surface area contributed by atoms with Gasteiger partial charge >= 0.3 is 0 Å². The van der Waals surface area contributed by atoms with Gasteiger partial charge in [-0.1, -0.05) is 0 Å². The summed E-state index contributed by atoms with van der Waals surface area (Å²) in [7, 11) is 0. The van der Waals surface area contributed by atoms with Gasteiger partial charge in [-0.3, -0.25) is 24.6 Å². The van der Waals surface area contributed by atoms with Crippen LogP contribution in [-0.4, -0.2) is 32.1 Å². The lowest BCUT2D eigenvalue weighted by atomic mass is 10.1. The van der Waals surface area contributed by atoms with E-state index in [-0.39, 0.29) is 23.9 Å². The minimum atomic E-state index is -0.434. The first-order chi connectivity index (χ1) is 10.1. The maximum atomic E-state index is 12.4. The van der Waals surface area contributed by atoms with Gasteiger partial charge in [0.05, 0.1) is 12.5 Å². The van der Waals surface area contributed by atoms with Crippen LogP contribution >= 0.6 is 0 Å². The number of nitrogens with one attached hydrogen (secondary N) is 2. The molecule has 0 fully saturated rings. The highest BCUT2D eigenvalue weighted by molar-refractivity contribution is 5.79. The van der Waals surface area contributed by atoms with E-state index in [1.165, 1.54) is 6.07 Å². The summed E-state index contributed by atoms with van der Waals surface area (Å²) in [6.07, 6.45) is 1.93. The first-order valence-corrected chi connectivity index (χ1v) is 6.81. The van der Waals surface area contributed by atoms with E-state index < -0.39 is 11.1 Å². The van der Waals surface area contributed by atoms with Crippen LogP contribution in [0.15, 0.2) is 34.0 Å². The number of carbonyl (C=O) groups excluding carboxylic acids is 1. The number of rotatable bonds is 2. The van der Waals surface area contributed by atoms with Crippen molar-refractivity contribution in [2.45, 2.75) is 25.9 Å². The molecule has 2 aromatic heterocycles. The van der Waals surface area contributed by atoms with Crippen LogP contribution in [0.25, 0.3) is 0 Å². The molecule has 0 radical (unpaired) electrons. The molecular weight excluding hydrogens is 272 g/mol. The number of hydrogen-bond acceptors (Lipinski definition) is 3. The molecule has 3 heterocycles. The highest BCUT2D eigenvalue weighted by Crippen LogP contribution is 2.25. The second-order valence-corrected chi connectivity index (χ2v) is 5.18. The van der Waals surface area contributed by atoms with Gasteiger partial charge in [0.2, 0.25) is 5.91 Å². The van der Waals surface area contributed by atoms with Crippen molar-refractivity contribution in [1.29, 1.82) is 0 Å². The van der Waals surface area contributed by atoms with E-state index in [2.05, 4.69) is 14.8 Å². The Labute approximate surface area is 120 Å². The van der Waals surface area contributed by atoms with Crippen LogP contribution < -0.4 is 11.1 Å². The van der Waals surface area contributed by atoms with Gasteiger partial charge in [0.25, 0.3) is 11.1 Å². The number of aromatic nitrogens is 3. The number of nitrogens with zero attached hydrogens (tertiary/aromatic N) is 2. The number of hydrogen-bond donors (Lipinski definition) is 2. The highest BCUT2D eigenvalue weighted by Gasteiger charge is 2.27. The van der Waals surface area contributed by atoms with Gasteiger partial charge in [0, 0.05) is 36.6 Å². The maximum Gasteiger partial charge on any atom is 0.266 e. The SMILES string of the molecule is CC1c2cccn2CCN1C(=O)Cc1cc(=O)[nH][nH]c1=O. The lowest BCUT2D eigenvalue weighted by molar-refractivity contribution is -0.133. The summed E-state index contributed by atoms with van der Waals surface area (Å²) in [6, 6.07) is 5.08. The first-order valence-electron chi connectivity index (χ1n) is 6.81. The number of amides is 1. The lowest BCUT2D eigenvalue weighted by Gasteiger charge is -2.35. The van der Waals surface area contributed by atoms with Crippen molar-refractivity contribution in [3.8, 4) is 0 Å². The van der Waals surface area contributed by atoms with Crippen molar-refractivity contribution in [2.24, 2.45) is 0 Å². The van der Waals surface area contributed by atoms with E-state index >= 15 is 0 Å². The summed E-state index contributed by atoms with van der Waals surface area (Å²) in [5, 5.41) is 4.42. The molecular formula is C14H16N4O3. The Morgan fingerprint density at radius 2 is 2.14 bits per heavy atom. The Balaban J connectivity index is 1.82. The fourth-order valence-electron chi connectivity index (χ4n) is 2.77. The summed E-state index contributed by atoms with van der Waals surface area (Å²) in [4.78, 5) is 37.0. The van der Waals surface area contributed by atoms with Gasteiger partial charge in [0.15, 0.2) is 0 Å². The molecule has 110 valence electrons. The van der Waals surface area contributed by atoms with Crippen LogP contribution in [0.2, 0.25) is 0 Å². The molecule has 2 aromatic rings. The van der Waals surface area contributed by atoms with Gasteiger partial charge in [-0.25, -0.2) is 0 Å². The summed E-state index contributed by atoms with van der Waals surface area (Å²) >= 11 is 0. The van der Waals surface area contributed by atoms with Crippen LogP contribution in [0.3, 0.4) is 0 Å². The third-order valence-electron chi connectivity index (χ3n) is 3.90. The van der Waals surface area contributed by atoms with Gasteiger partial charge in [0.1, 0.15) is 0 Å². The molecule has 0 aliphatic carbocycles. The average Bonchev–Trinajstić information content (AvgIpc) is 2.92. The number of aromatic amines is 2. The van der Waals surface area contributed by atoms with Crippen LogP contribution in [0.5, 0.6) is 0 Å². The van der Waals surface area contributed by atoms with Gasteiger partial charge in [-0.2, -0.15) is 0 Å². The van der Waals surface area contributed by atoms with Crippen molar-refractivity contribution < 1.29 is 4.79 Å². The minimum Gasteiger partial charge on any atom is -0.348 e. The van der Waals surface area contributed by atoms with Crippen molar-refractivity contribution in [1.82, 2.24) is 19.7 Å². The molecule has 1 aliphatic rings. The standard InChI is InChI=1S/C14H16N4O3/c1-9-11-3-2-4-17(11)5-6-18(9)13(20)8-10-7-12(19)15-16-14(10)21/h2-4,7,9H,5-6,8H2,1H3,(H,15,19)(H,16,21). The summed E-state index contributed by atoms with van der Waals surface area (Å²) in [5.41, 5.74) is 0.417. The Morgan fingerprint density at radius 3 is 2.95 bits per heavy atom. The third kappa shape index (κ3) is 2.42. The minimum absolute atomic E-state index is 0.0395. The highest BCUT2D eigenvalue weighted by atomic mass is 16.2. The van der Waals surface area contributed by atoms with Crippen molar-refractivity contribution in [3.63, 3.8) is 0 Å². The average molecular weight is 288 g/mol. The predicted octanol–water partition coefficient (Wildman–Crippen LogP) is 0.0106. The maximum absolute atomic E-state index is 12.4. The van der Waals surface area contributed by atoms with E-state index in [0.29, 0.717) is 6.54 Å². The Bertz CT molecular complexity index is 786. The first kappa shape index (κ1) is 13.4. The summed E-state index contributed by atoms with van der Waals surface area (Å²) < 4.78 is 2.12. The molecule has 0 saturated heterocycles. The van der Waals surface area contributed by atoms with Gasteiger partial charge in [-0.05, 0) is 19.1 Å². The van der Waals surface area contributed by atoms with E-state index in [1.54, 1.807) is 4.90 Å². The van der Waals surface area contributed by atoms with E-state index in [1.807, 2.05) is 25.3 Å². The summed E-state index contributed by atoms with van der Waals surface area (Å²) in [6.45, 7) is 3.30.